The second-order valence-corrected chi connectivity index (χ2v) is 7.38. The van der Waals surface area contributed by atoms with E-state index in [1.54, 1.807) is 60.9 Å². The summed E-state index contributed by atoms with van der Waals surface area (Å²) >= 11 is 0. The number of halogens is 1. The van der Waals surface area contributed by atoms with Gasteiger partial charge < -0.3 is 15.4 Å². The number of hydrogen-bond acceptors (Lipinski definition) is 5. The van der Waals surface area contributed by atoms with E-state index in [2.05, 4.69) is 15.2 Å². The van der Waals surface area contributed by atoms with Gasteiger partial charge >= 0.3 is 0 Å². The predicted octanol–water partition coefficient (Wildman–Crippen LogP) is 3.93. The number of ether oxygens (including phenoxy) is 1. The summed E-state index contributed by atoms with van der Waals surface area (Å²) in [6, 6.07) is 11.0. The van der Waals surface area contributed by atoms with E-state index in [-0.39, 0.29) is 18.3 Å². The topological polar surface area (TPSA) is 97.1 Å². The van der Waals surface area contributed by atoms with Crippen LogP contribution >= 0.6 is 0 Å². The Kier molecular flexibility index (Phi) is 6.13. The van der Waals surface area contributed by atoms with E-state index in [4.69, 9.17) is 10.5 Å². The number of aromatic amines is 1. The van der Waals surface area contributed by atoms with E-state index in [0.29, 0.717) is 29.0 Å². The number of pyridine rings is 1. The van der Waals surface area contributed by atoms with Crippen LogP contribution in [0.5, 0.6) is 5.75 Å². The molecule has 3 N–H and O–H groups in total. The SMILES string of the molecule is CCOc1cc(C(=O)N(C)[C@@H](CN)c2cncc3cn[nH]c23)ccc1-c1cccc(F)c1. The Balaban J connectivity index is 1.68. The molecule has 32 heavy (non-hydrogen) atoms. The average molecular weight is 433 g/mol. The summed E-state index contributed by atoms with van der Waals surface area (Å²) < 4.78 is 19.5. The first-order valence-corrected chi connectivity index (χ1v) is 10.3. The molecular formula is C24H24FN5O2. The lowest BCUT2D eigenvalue weighted by atomic mass is 10.0. The van der Waals surface area contributed by atoms with Crippen LogP contribution in [0, 0.1) is 5.82 Å². The molecule has 2 heterocycles. The van der Waals surface area contributed by atoms with Gasteiger partial charge in [0.25, 0.3) is 5.91 Å². The first-order valence-electron chi connectivity index (χ1n) is 10.3. The number of benzene rings is 2. The molecule has 0 aliphatic heterocycles. The second kappa shape index (κ2) is 9.15. The minimum Gasteiger partial charge on any atom is -0.493 e. The van der Waals surface area contributed by atoms with Crippen LogP contribution < -0.4 is 10.5 Å². The van der Waals surface area contributed by atoms with Crippen LogP contribution in [-0.2, 0) is 0 Å². The van der Waals surface area contributed by atoms with Crippen molar-refractivity contribution in [3.63, 3.8) is 0 Å². The van der Waals surface area contributed by atoms with Crippen molar-refractivity contribution >= 4 is 16.8 Å². The average Bonchev–Trinajstić information content (AvgIpc) is 3.29. The Labute approximate surface area is 185 Å². The van der Waals surface area contributed by atoms with Gasteiger partial charge in [0.2, 0.25) is 0 Å². The lowest BCUT2D eigenvalue weighted by Crippen LogP contribution is -2.35. The molecule has 4 rings (SSSR count). The van der Waals surface area contributed by atoms with Crippen molar-refractivity contribution in [2.45, 2.75) is 13.0 Å². The van der Waals surface area contributed by atoms with Crippen molar-refractivity contribution in [1.29, 1.82) is 0 Å². The van der Waals surface area contributed by atoms with Crippen molar-refractivity contribution in [1.82, 2.24) is 20.1 Å². The van der Waals surface area contributed by atoms with Crippen molar-refractivity contribution in [3.8, 4) is 16.9 Å². The Bertz CT molecular complexity index is 1260. The molecular weight excluding hydrogens is 409 g/mol. The smallest absolute Gasteiger partial charge is 0.254 e. The maximum atomic E-state index is 13.7. The molecule has 0 saturated heterocycles. The van der Waals surface area contributed by atoms with Crippen molar-refractivity contribution in [2.24, 2.45) is 5.73 Å². The maximum Gasteiger partial charge on any atom is 0.254 e. The molecule has 0 aliphatic rings. The zero-order valence-electron chi connectivity index (χ0n) is 17.9. The normalized spacial score (nSPS) is 12.0. The molecule has 0 spiro atoms. The molecule has 0 saturated carbocycles. The fraction of sp³-hybridized carbons (Fsp3) is 0.208. The molecule has 164 valence electrons. The Hall–Kier alpha value is -3.78. The monoisotopic (exact) mass is 433 g/mol. The highest BCUT2D eigenvalue weighted by molar-refractivity contribution is 5.96. The van der Waals surface area contributed by atoms with Crippen LogP contribution in [0.3, 0.4) is 0 Å². The van der Waals surface area contributed by atoms with Crippen LogP contribution in [0.15, 0.2) is 61.1 Å². The highest BCUT2D eigenvalue weighted by Crippen LogP contribution is 2.33. The van der Waals surface area contributed by atoms with Gasteiger partial charge in [-0.2, -0.15) is 5.10 Å². The van der Waals surface area contributed by atoms with E-state index >= 15 is 0 Å². The highest BCUT2D eigenvalue weighted by Gasteiger charge is 2.25. The number of nitrogens with zero attached hydrogens (tertiary/aromatic N) is 3. The standard InChI is InChI=1S/C24H24FN5O2/c1-3-32-22-10-16(7-8-19(22)15-5-4-6-18(25)9-15)24(31)30(2)21(11-26)20-14-27-12-17-13-28-29-23(17)20/h4-10,12-14,21H,3,11,26H2,1-2H3,(H,28,29)/t21-/m0/s1. The second-order valence-electron chi connectivity index (χ2n) is 7.38. The summed E-state index contributed by atoms with van der Waals surface area (Å²) in [5.74, 6) is -0.0417. The first kappa shape index (κ1) is 21.5. The number of likely N-dealkylation sites (N-methyl/N-ethyl adjacent to an activating group) is 1. The molecule has 0 unspecified atom stereocenters. The molecule has 0 bridgehead atoms. The van der Waals surface area contributed by atoms with E-state index in [9.17, 15) is 9.18 Å². The Morgan fingerprint density at radius 2 is 2.06 bits per heavy atom. The van der Waals surface area contributed by atoms with Gasteiger partial charge in [0.15, 0.2) is 0 Å². The molecule has 2 aromatic carbocycles. The van der Waals surface area contributed by atoms with E-state index in [1.807, 2.05) is 6.92 Å². The number of rotatable bonds is 7. The molecule has 4 aromatic rings. The summed E-state index contributed by atoms with van der Waals surface area (Å²) in [6.45, 7) is 2.48. The molecule has 7 nitrogen and oxygen atoms in total. The van der Waals surface area contributed by atoms with Crippen LogP contribution in [0.25, 0.3) is 22.0 Å². The molecule has 1 amide bonds. The van der Waals surface area contributed by atoms with Gasteiger partial charge in [-0.15, -0.1) is 0 Å². The van der Waals surface area contributed by atoms with Crippen LogP contribution in [0.1, 0.15) is 28.9 Å². The van der Waals surface area contributed by atoms with Gasteiger partial charge in [0.1, 0.15) is 11.6 Å². The zero-order chi connectivity index (χ0) is 22.7. The van der Waals surface area contributed by atoms with E-state index < -0.39 is 6.04 Å². The van der Waals surface area contributed by atoms with Gasteiger partial charge in [0, 0.05) is 48.1 Å². The van der Waals surface area contributed by atoms with Gasteiger partial charge in [-0.25, -0.2) is 4.39 Å². The molecule has 0 fully saturated rings. The summed E-state index contributed by atoms with van der Waals surface area (Å²) in [4.78, 5) is 19.2. The third-order valence-electron chi connectivity index (χ3n) is 5.42. The van der Waals surface area contributed by atoms with Gasteiger partial charge in [-0.05, 0) is 42.8 Å². The fourth-order valence-electron chi connectivity index (χ4n) is 3.80. The molecule has 0 radical (unpaired) electrons. The minimum absolute atomic E-state index is 0.210. The number of carbonyl (C=O) groups is 1. The number of H-pyrrole nitrogens is 1. The number of amides is 1. The van der Waals surface area contributed by atoms with Crippen LogP contribution in [0.4, 0.5) is 4.39 Å². The summed E-state index contributed by atoms with van der Waals surface area (Å²) in [6.07, 6.45) is 5.08. The molecule has 2 aromatic heterocycles. The van der Waals surface area contributed by atoms with Crippen molar-refractivity contribution in [3.05, 3.63) is 78.0 Å². The number of fused-ring (bicyclic) bond motifs is 1. The minimum atomic E-state index is -0.405. The third kappa shape index (κ3) is 4.04. The number of nitrogens with one attached hydrogen (secondary N) is 1. The lowest BCUT2D eigenvalue weighted by molar-refractivity contribution is 0.0735. The lowest BCUT2D eigenvalue weighted by Gasteiger charge is -2.28. The maximum absolute atomic E-state index is 13.7. The van der Waals surface area contributed by atoms with Gasteiger partial charge in [-0.1, -0.05) is 12.1 Å². The number of aromatic nitrogens is 3. The van der Waals surface area contributed by atoms with E-state index in [1.165, 1.54) is 12.1 Å². The van der Waals surface area contributed by atoms with Crippen molar-refractivity contribution < 1.29 is 13.9 Å². The molecule has 1 atom stereocenters. The number of carbonyl (C=O) groups excluding carboxylic acids is 1. The highest BCUT2D eigenvalue weighted by atomic mass is 19.1. The summed E-state index contributed by atoms with van der Waals surface area (Å²) in [5, 5.41) is 7.87. The van der Waals surface area contributed by atoms with Gasteiger partial charge in [0.05, 0.1) is 24.4 Å². The number of hydrogen-bond donors (Lipinski definition) is 2. The summed E-state index contributed by atoms with van der Waals surface area (Å²) in [5.41, 5.74) is 9.48. The third-order valence-corrected chi connectivity index (χ3v) is 5.42. The number of nitrogens with two attached hydrogens (primary N) is 1. The predicted molar refractivity (Wildman–Crippen MR) is 121 cm³/mol. The Morgan fingerprint density at radius 3 is 2.81 bits per heavy atom. The quantitative estimate of drug-likeness (QED) is 0.460. The van der Waals surface area contributed by atoms with Crippen molar-refractivity contribution in [2.75, 3.05) is 20.2 Å². The molecule has 8 heteroatoms. The van der Waals surface area contributed by atoms with E-state index in [0.717, 1.165) is 16.5 Å². The van der Waals surface area contributed by atoms with Crippen LogP contribution in [0.2, 0.25) is 0 Å². The fourth-order valence-corrected chi connectivity index (χ4v) is 3.80. The summed E-state index contributed by atoms with van der Waals surface area (Å²) in [7, 11) is 1.70. The zero-order valence-corrected chi connectivity index (χ0v) is 17.9. The largest absolute Gasteiger partial charge is 0.493 e. The first-order chi connectivity index (χ1) is 15.5. The molecule has 0 aliphatic carbocycles. The van der Waals surface area contributed by atoms with Crippen LogP contribution in [-0.4, -0.2) is 46.2 Å². The Morgan fingerprint density at radius 1 is 1.22 bits per heavy atom. The van der Waals surface area contributed by atoms with Gasteiger partial charge in [-0.3, -0.25) is 14.9 Å².